The molecule has 1 aromatic heterocycles. The molecular weight excluding hydrogens is 278 g/mol. The van der Waals surface area contributed by atoms with Crippen LogP contribution >= 0.6 is 15.9 Å². The van der Waals surface area contributed by atoms with E-state index < -0.39 is 0 Å². The number of para-hydroxylation sites is 2. The second-order valence-corrected chi connectivity index (χ2v) is 4.75. The van der Waals surface area contributed by atoms with Crippen LogP contribution in [0.3, 0.4) is 0 Å². The van der Waals surface area contributed by atoms with Crippen molar-refractivity contribution in [3.8, 4) is 0 Å². The highest BCUT2D eigenvalue weighted by Gasteiger charge is 2.05. The standard InChI is InChI=1S/C13H14BrN3/c1-17(2)13-6-4-3-5-12(13)16-11-7-8-15-9-10(11)14/h3-9H,1-2H3,(H,15,16). The van der Waals surface area contributed by atoms with E-state index in [9.17, 15) is 0 Å². The molecule has 2 aromatic rings. The number of pyridine rings is 1. The molecule has 0 atom stereocenters. The first kappa shape index (κ1) is 11.9. The van der Waals surface area contributed by atoms with Gasteiger partial charge in [0.05, 0.1) is 21.5 Å². The van der Waals surface area contributed by atoms with Crippen LogP contribution in [0.15, 0.2) is 47.2 Å². The number of benzene rings is 1. The van der Waals surface area contributed by atoms with E-state index in [0.717, 1.165) is 21.5 Å². The summed E-state index contributed by atoms with van der Waals surface area (Å²) < 4.78 is 0.952. The molecule has 0 unspecified atom stereocenters. The van der Waals surface area contributed by atoms with Crippen LogP contribution in [0.1, 0.15) is 0 Å². The maximum atomic E-state index is 4.05. The minimum atomic E-state index is 0.952. The first-order valence-electron chi connectivity index (χ1n) is 5.31. The number of hydrogen-bond donors (Lipinski definition) is 1. The van der Waals surface area contributed by atoms with Crippen LogP contribution in [-0.2, 0) is 0 Å². The molecule has 0 amide bonds. The second kappa shape index (κ2) is 5.19. The summed E-state index contributed by atoms with van der Waals surface area (Å²) >= 11 is 3.48. The van der Waals surface area contributed by atoms with Crippen molar-refractivity contribution in [2.75, 3.05) is 24.3 Å². The Balaban J connectivity index is 2.34. The smallest absolute Gasteiger partial charge is 0.0622 e. The molecule has 0 bridgehead atoms. The molecule has 0 radical (unpaired) electrons. The second-order valence-electron chi connectivity index (χ2n) is 3.89. The van der Waals surface area contributed by atoms with Gasteiger partial charge in [0.15, 0.2) is 0 Å². The van der Waals surface area contributed by atoms with Gasteiger partial charge in [-0.2, -0.15) is 0 Å². The number of nitrogens with zero attached hydrogens (tertiary/aromatic N) is 2. The number of anilines is 3. The Morgan fingerprint density at radius 1 is 1.12 bits per heavy atom. The number of hydrogen-bond acceptors (Lipinski definition) is 3. The lowest BCUT2D eigenvalue weighted by molar-refractivity contribution is 1.13. The Bertz CT molecular complexity index is 512. The van der Waals surface area contributed by atoms with Crippen LogP contribution in [0.5, 0.6) is 0 Å². The minimum absolute atomic E-state index is 0.952. The predicted molar refractivity (Wildman–Crippen MR) is 76.0 cm³/mol. The summed E-state index contributed by atoms with van der Waals surface area (Å²) in [6.07, 6.45) is 3.55. The first-order chi connectivity index (χ1) is 8.18. The largest absolute Gasteiger partial charge is 0.376 e. The molecule has 1 aromatic carbocycles. The van der Waals surface area contributed by atoms with Gasteiger partial charge in [0, 0.05) is 26.5 Å². The fourth-order valence-electron chi connectivity index (χ4n) is 1.59. The van der Waals surface area contributed by atoms with E-state index in [0.29, 0.717) is 0 Å². The van der Waals surface area contributed by atoms with Gasteiger partial charge in [0.2, 0.25) is 0 Å². The van der Waals surface area contributed by atoms with Gasteiger partial charge in [-0.05, 0) is 34.1 Å². The third-order valence-corrected chi connectivity index (χ3v) is 3.06. The summed E-state index contributed by atoms with van der Waals surface area (Å²) in [5.74, 6) is 0. The Morgan fingerprint density at radius 3 is 2.59 bits per heavy atom. The number of aromatic nitrogens is 1. The third-order valence-electron chi connectivity index (χ3n) is 2.43. The zero-order valence-electron chi connectivity index (χ0n) is 9.81. The van der Waals surface area contributed by atoms with Gasteiger partial charge in [-0.25, -0.2) is 0 Å². The Kier molecular flexibility index (Phi) is 3.64. The van der Waals surface area contributed by atoms with Crippen molar-refractivity contribution in [2.24, 2.45) is 0 Å². The maximum absolute atomic E-state index is 4.05. The average Bonchev–Trinajstić information content (AvgIpc) is 2.32. The van der Waals surface area contributed by atoms with Crippen molar-refractivity contribution in [2.45, 2.75) is 0 Å². The molecule has 4 heteroatoms. The summed E-state index contributed by atoms with van der Waals surface area (Å²) in [5.41, 5.74) is 3.23. The first-order valence-corrected chi connectivity index (χ1v) is 6.10. The van der Waals surface area contributed by atoms with E-state index in [-0.39, 0.29) is 0 Å². The molecule has 0 fully saturated rings. The highest BCUT2D eigenvalue weighted by molar-refractivity contribution is 9.10. The molecule has 0 aliphatic carbocycles. The van der Waals surface area contributed by atoms with Crippen LogP contribution in [-0.4, -0.2) is 19.1 Å². The third kappa shape index (κ3) is 2.77. The Morgan fingerprint density at radius 2 is 1.88 bits per heavy atom. The molecule has 0 saturated carbocycles. The van der Waals surface area contributed by atoms with Crippen LogP contribution in [0.2, 0.25) is 0 Å². The number of rotatable bonds is 3. The molecule has 0 aliphatic heterocycles. The predicted octanol–water partition coefficient (Wildman–Crippen LogP) is 3.65. The van der Waals surface area contributed by atoms with E-state index in [1.54, 1.807) is 12.4 Å². The molecular formula is C13H14BrN3. The van der Waals surface area contributed by atoms with E-state index in [2.05, 4.69) is 43.3 Å². The van der Waals surface area contributed by atoms with E-state index >= 15 is 0 Å². The quantitative estimate of drug-likeness (QED) is 0.936. The summed E-state index contributed by atoms with van der Waals surface area (Å²) in [7, 11) is 4.06. The molecule has 17 heavy (non-hydrogen) atoms. The monoisotopic (exact) mass is 291 g/mol. The van der Waals surface area contributed by atoms with Crippen molar-refractivity contribution < 1.29 is 0 Å². The van der Waals surface area contributed by atoms with Crippen molar-refractivity contribution in [1.29, 1.82) is 0 Å². The van der Waals surface area contributed by atoms with E-state index in [1.165, 1.54) is 0 Å². The lowest BCUT2D eigenvalue weighted by Crippen LogP contribution is -2.10. The van der Waals surface area contributed by atoms with E-state index in [4.69, 9.17) is 0 Å². The van der Waals surface area contributed by atoms with Crippen LogP contribution in [0, 0.1) is 0 Å². The topological polar surface area (TPSA) is 28.2 Å². The van der Waals surface area contributed by atoms with Gasteiger partial charge in [0.1, 0.15) is 0 Å². The molecule has 2 rings (SSSR count). The van der Waals surface area contributed by atoms with Gasteiger partial charge in [-0.3, -0.25) is 4.98 Å². The fraction of sp³-hybridized carbons (Fsp3) is 0.154. The van der Waals surface area contributed by atoms with Crippen molar-refractivity contribution in [3.05, 3.63) is 47.2 Å². The van der Waals surface area contributed by atoms with Crippen molar-refractivity contribution in [1.82, 2.24) is 4.98 Å². The molecule has 0 saturated heterocycles. The zero-order chi connectivity index (χ0) is 12.3. The lowest BCUT2D eigenvalue weighted by atomic mass is 10.2. The van der Waals surface area contributed by atoms with Gasteiger partial charge in [0.25, 0.3) is 0 Å². The summed E-state index contributed by atoms with van der Waals surface area (Å²) in [5, 5.41) is 3.39. The molecule has 1 N–H and O–H groups in total. The molecule has 0 spiro atoms. The molecule has 0 aliphatic rings. The minimum Gasteiger partial charge on any atom is -0.376 e. The molecule has 3 nitrogen and oxygen atoms in total. The van der Waals surface area contributed by atoms with Crippen LogP contribution in [0.4, 0.5) is 17.1 Å². The van der Waals surface area contributed by atoms with E-state index in [1.807, 2.05) is 32.3 Å². The highest BCUT2D eigenvalue weighted by Crippen LogP contribution is 2.30. The summed E-state index contributed by atoms with van der Waals surface area (Å²) in [6, 6.07) is 10.1. The lowest BCUT2D eigenvalue weighted by Gasteiger charge is -2.18. The SMILES string of the molecule is CN(C)c1ccccc1Nc1ccncc1Br. The fourth-order valence-corrected chi connectivity index (χ4v) is 1.94. The highest BCUT2D eigenvalue weighted by atomic mass is 79.9. The van der Waals surface area contributed by atoms with Crippen LogP contribution < -0.4 is 10.2 Å². The van der Waals surface area contributed by atoms with Crippen LogP contribution in [0.25, 0.3) is 0 Å². The summed E-state index contributed by atoms with van der Waals surface area (Å²) in [6.45, 7) is 0. The Hall–Kier alpha value is -1.55. The summed E-state index contributed by atoms with van der Waals surface area (Å²) in [4.78, 5) is 6.13. The Labute approximate surface area is 110 Å². The molecule has 88 valence electrons. The zero-order valence-corrected chi connectivity index (χ0v) is 11.4. The number of nitrogens with one attached hydrogen (secondary N) is 1. The number of halogens is 1. The van der Waals surface area contributed by atoms with Crippen molar-refractivity contribution >= 4 is 33.0 Å². The van der Waals surface area contributed by atoms with Gasteiger partial charge in [-0.15, -0.1) is 0 Å². The average molecular weight is 292 g/mol. The van der Waals surface area contributed by atoms with Crippen molar-refractivity contribution in [3.63, 3.8) is 0 Å². The van der Waals surface area contributed by atoms with Gasteiger partial charge < -0.3 is 10.2 Å². The maximum Gasteiger partial charge on any atom is 0.0622 e. The molecule has 1 heterocycles. The van der Waals surface area contributed by atoms with Gasteiger partial charge >= 0.3 is 0 Å². The normalized spacial score (nSPS) is 10.1. The van der Waals surface area contributed by atoms with Gasteiger partial charge in [-0.1, -0.05) is 12.1 Å².